The molecule has 78 valence electrons. The summed E-state index contributed by atoms with van der Waals surface area (Å²) < 4.78 is 0. The molecule has 1 aromatic carbocycles. The van der Waals surface area contributed by atoms with Gasteiger partial charge >= 0.3 is 0 Å². The summed E-state index contributed by atoms with van der Waals surface area (Å²) in [5.41, 5.74) is 3.46. The van der Waals surface area contributed by atoms with Crippen LogP contribution in [0, 0.1) is 12.8 Å². The Morgan fingerprint density at radius 1 is 1.47 bits per heavy atom. The zero-order valence-corrected chi connectivity index (χ0v) is 9.29. The number of hydrogen-bond acceptors (Lipinski definition) is 1. The number of rotatable bonds is 2. The second kappa shape index (κ2) is 4.01. The van der Waals surface area contributed by atoms with Crippen molar-refractivity contribution in [2.45, 2.75) is 26.7 Å². The zero-order valence-electron chi connectivity index (χ0n) is 9.29. The molecule has 1 aliphatic rings. The highest BCUT2D eigenvalue weighted by atomic mass is 16.1. The SMILES string of the molecule is CC=CC[C@H]1Cc2c(C)cccc2C1=O. The van der Waals surface area contributed by atoms with Gasteiger partial charge in [-0.2, -0.15) is 0 Å². The van der Waals surface area contributed by atoms with Crippen molar-refractivity contribution in [2.24, 2.45) is 5.92 Å². The maximum absolute atomic E-state index is 12.0. The van der Waals surface area contributed by atoms with E-state index in [9.17, 15) is 4.79 Å². The maximum atomic E-state index is 12.0. The number of aryl methyl sites for hydroxylation is 1. The highest BCUT2D eigenvalue weighted by molar-refractivity contribution is 6.02. The van der Waals surface area contributed by atoms with E-state index in [0.717, 1.165) is 18.4 Å². The highest BCUT2D eigenvalue weighted by Crippen LogP contribution is 2.31. The standard InChI is InChI=1S/C14H16O/c1-3-4-7-11-9-13-10(2)6-5-8-12(13)14(11)15/h3-6,8,11H,7,9H2,1-2H3/t11-/m0/s1. The fourth-order valence-electron chi connectivity index (χ4n) is 2.25. The molecule has 0 radical (unpaired) electrons. The van der Waals surface area contributed by atoms with Crippen LogP contribution in [-0.4, -0.2) is 5.78 Å². The van der Waals surface area contributed by atoms with Crippen LogP contribution >= 0.6 is 0 Å². The molecule has 1 atom stereocenters. The molecule has 1 heteroatoms. The van der Waals surface area contributed by atoms with Crippen LogP contribution in [0.5, 0.6) is 0 Å². The first-order valence-electron chi connectivity index (χ1n) is 5.48. The fourth-order valence-corrected chi connectivity index (χ4v) is 2.25. The van der Waals surface area contributed by atoms with Gasteiger partial charge in [-0.05, 0) is 37.8 Å². The van der Waals surface area contributed by atoms with Gasteiger partial charge in [-0.15, -0.1) is 0 Å². The van der Waals surface area contributed by atoms with Crippen molar-refractivity contribution >= 4 is 5.78 Å². The summed E-state index contributed by atoms with van der Waals surface area (Å²) in [4.78, 5) is 12.0. The highest BCUT2D eigenvalue weighted by Gasteiger charge is 2.29. The first kappa shape index (κ1) is 10.2. The third-order valence-corrected chi connectivity index (χ3v) is 3.15. The molecule has 0 aromatic heterocycles. The molecule has 0 bridgehead atoms. The van der Waals surface area contributed by atoms with Crippen LogP contribution in [0.1, 0.15) is 34.8 Å². The topological polar surface area (TPSA) is 17.1 Å². The fraction of sp³-hybridized carbons (Fsp3) is 0.357. The smallest absolute Gasteiger partial charge is 0.166 e. The summed E-state index contributed by atoms with van der Waals surface area (Å²) in [7, 11) is 0. The molecule has 0 unspecified atom stereocenters. The lowest BCUT2D eigenvalue weighted by molar-refractivity contribution is 0.0938. The average Bonchev–Trinajstić information content (AvgIpc) is 2.55. The van der Waals surface area contributed by atoms with Crippen molar-refractivity contribution in [1.29, 1.82) is 0 Å². The van der Waals surface area contributed by atoms with Crippen molar-refractivity contribution in [3.05, 3.63) is 47.0 Å². The Balaban J connectivity index is 2.29. The molecule has 1 aromatic rings. The Bertz CT molecular complexity index is 415. The van der Waals surface area contributed by atoms with E-state index in [1.807, 2.05) is 25.1 Å². The minimum atomic E-state index is 0.178. The molecule has 0 amide bonds. The molecule has 0 aliphatic heterocycles. The summed E-state index contributed by atoms with van der Waals surface area (Å²) in [6.07, 6.45) is 5.90. The molecule has 15 heavy (non-hydrogen) atoms. The Kier molecular flexibility index (Phi) is 2.72. The van der Waals surface area contributed by atoms with Crippen LogP contribution in [-0.2, 0) is 6.42 Å². The third-order valence-electron chi connectivity index (χ3n) is 3.15. The van der Waals surface area contributed by atoms with E-state index in [-0.39, 0.29) is 5.92 Å². The molecule has 0 saturated heterocycles. The molecular formula is C14H16O. The van der Waals surface area contributed by atoms with E-state index in [0.29, 0.717) is 5.78 Å². The summed E-state index contributed by atoms with van der Waals surface area (Å²) in [5, 5.41) is 0. The van der Waals surface area contributed by atoms with Crippen molar-refractivity contribution in [3.63, 3.8) is 0 Å². The maximum Gasteiger partial charge on any atom is 0.166 e. The monoisotopic (exact) mass is 200 g/mol. The molecule has 2 rings (SSSR count). The Hall–Kier alpha value is -1.37. The lowest BCUT2D eigenvalue weighted by Crippen LogP contribution is -2.07. The number of allylic oxidation sites excluding steroid dienone is 2. The summed E-state index contributed by atoms with van der Waals surface area (Å²) in [6.45, 7) is 4.09. The summed E-state index contributed by atoms with van der Waals surface area (Å²) >= 11 is 0. The second-order valence-corrected chi connectivity index (χ2v) is 4.17. The molecule has 0 fully saturated rings. The van der Waals surface area contributed by atoms with Gasteiger partial charge in [0.05, 0.1) is 0 Å². The first-order chi connectivity index (χ1) is 7.24. The van der Waals surface area contributed by atoms with Gasteiger partial charge in [0.1, 0.15) is 0 Å². The molecule has 0 spiro atoms. The van der Waals surface area contributed by atoms with E-state index >= 15 is 0 Å². The molecule has 1 nitrogen and oxygen atoms in total. The van der Waals surface area contributed by atoms with Crippen LogP contribution in [0.3, 0.4) is 0 Å². The predicted octanol–water partition coefficient (Wildman–Crippen LogP) is 3.32. The predicted molar refractivity (Wildman–Crippen MR) is 62.1 cm³/mol. The first-order valence-corrected chi connectivity index (χ1v) is 5.48. The second-order valence-electron chi connectivity index (χ2n) is 4.17. The number of benzene rings is 1. The quantitative estimate of drug-likeness (QED) is 0.669. The molecule has 0 N–H and O–H groups in total. The van der Waals surface area contributed by atoms with Crippen LogP contribution in [0.4, 0.5) is 0 Å². The van der Waals surface area contributed by atoms with Gasteiger partial charge in [-0.25, -0.2) is 0 Å². The van der Waals surface area contributed by atoms with Crippen molar-refractivity contribution in [3.8, 4) is 0 Å². The number of hydrogen-bond donors (Lipinski definition) is 0. The van der Waals surface area contributed by atoms with Crippen LogP contribution in [0.2, 0.25) is 0 Å². The number of Topliss-reactive ketones (excluding diaryl/α,β-unsaturated/α-hetero) is 1. The van der Waals surface area contributed by atoms with Crippen molar-refractivity contribution in [1.82, 2.24) is 0 Å². The number of carbonyl (C=O) groups is 1. The van der Waals surface area contributed by atoms with E-state index in [1.54, 1.807) is 0 Å². The number of fused-ring (bicyclic) bond motifs is 1. The van der Waals surface area contributed by atoms with E-state index < -0.39 is 0 Å². The summed E-state index contributed by atoms with van der Waals surface area (Å²) in [5.74, 6) is 0.504. The van der Waals surface area contributed by atoms with Gasteiger partial charge in [-0.1, -0.05) is 30.4 Å². The molecule has 0 heterocycles. The lowest BCUT2D eigenvalue weighted by atomic mass is 10.0. The zero-order chi connectivity index (χ0) is 10.8. The van der Waals surface area contributed by atoms with Gasteiger partial charge in [0.15, 0.2) is 5.78 Å². The lowest BCUT2D eigenvalue weighted by Gasteiger charge is -2.02. The van der Waals surface area contributed by atoms with Crippen LogP contribution < -0.4 is 0 Å². The van der Waals surface area contributed by atoms with E-state index in [1.165, 1.54) is 11.1 Å². The van der Waals surface area contributed by atoms with Gasteiger partial charge in [-0.3, -0.25) is 4.79 Å². The van der Waals surface area contributed by atoms with Gasteiger partial charge in [0.2, 0.25) is 0 Å². The van der Waals surface area contributed by atoms with Crippen molar-refractivity contribution in [2.75, 3.05) is 0 Å². The largest absolute Gasteiger partial charge is 0.294 e. The molecular weight excluding hydrogens is 184 g/mol. The Labute approximate surface area is 90.8 Å². The van der Waals surface area contributed by atoms with E-state index in [4.69, 9.17) is 0 Å². The Morgan fingerprint density at radius 2 is 2.27 bits per heavy atom. The van der Waals surface area contributed by atoms with Gasteiger partial charge in [0, 0.05) is 11.5 Å². The van der Waals surface area contributed by atoms with E-state index in [2.05, 4.69) is 19.1 Å². The number of carbonyl (C=O) groups excluding carboxylic acids is 1. The minimum Gasteiger partial charge on any atom is -0.294 e. The minimum absolute atomic E-state index is 0.178. The molecule has 1 aliphatic carbocycles. The number of ketones is 1. The van der Waals surface area contributed by atoms with Crippen molar-refractivity contribution < 1.29 is 4.79 Å². The average molecular weight is 200 g/mol. The third kappa shape index (κ3) is 1.74. The van der Waals surface area contributed by atoms with Crippen LogP contribution in [0.15, 0.2) is 30.4 Å². The van der Waals surface area contributed by atoms with Crippen LogP contribution in [0.25, 0.3) is 0 Å². The normalized spacial score (nSPS) is 19.9. The van der Waals surface area contributed by atoms with Gasteiger partial charge in [0.25, 0.3) is 0 Å². The molecule has 0 saturated carbocycles. The Morgan fingerprint density at radius 3 is 2.93 bits per heavy atom. The summed E-state index contributed by atoms with van der Waals surface area (Å²) in [6, 6.07) is 6.02. The van der Waals surface area contributed by atoms with Gasteiger partial charge < -0.3 is 0 Å².